The number of aromatic nitrogens is 1. The van der Waals surface area contributed by atoms with Gasteiger partial charge in [0.1, 0.15) is 0 Å². The number of pyridine rings is 1. The fraction of sp³-hybridized carbons (Fsp3) is 0.133. The van der Waals surface area contributed by atoms with E-state index in [0.717, 1.165) is 33.7 Å². The van der Waals surface area contributed by atoms with Crippen LogP contribution in [0.4, 0.5) is 11.4 Å². The van der Waals surface area contributed by atoms with Crippen LogP contribution in [0.15, 0.2) is 41.9 Å². The molecule has 0 aliphatic carbocycles. The maximum Gasteiger partial charge on any atom is 0.0751 e. The molecule has 0 unspecified atom stereocenters. The van der Waals surface area contributed by atoms with Gasteiger partial charge in [-0.2, -0.15) is 0 Å². The van der Waals surface area contributed by atoms with Gasteiger partial charge in [0.15, 0.2) is 0 Å². The molecule has 0 radical (unpaired) electrons. The molecule has 3 aromatic rings. The van der Waals surface area contributed by atoms with Crippen LogP contribution in [0.2, 0.25) is 0 Å². The number of thiophene rings is 1. The molecule has 0 amide bonds. The van der Waals surface area contributed by atoms with E-state index in [9.17, 15) is 0 Å². The van der Waals surface area contributed by atoms with E-state index < -0.39 is 0 Å². The van der Waals surface area contributed by atoms with Crippen LogP contribution in [0, 0.1) is 6.92 Å². The first-order valence-corrected chi connectivity index (χ1v) is 7.04. The molecule has 1 aromatic carbocycles. The number of aryl methyl sites for hydroxylation is 1. The summed E-state index contributed by atoms with van der Waals surface area (Å²) in [6.07, 6.45) is 1.83. The summed E-state index contributed by atoms with van der Waals surface area (Å²) >= 11 is 1.67. The van der Waals surface area contributed by atoms with Gasteiger partial charge in [-0.25, -0.2) is 0 Å². The Morgan fingerprint density at radius 1 is 1.26 bits per heavy atom. The molecule has 3 rings (SSSR count). The summed E-state index contributed by atoms with van der Waals surface area (Å²) in [4.78, 5) is 5.61. The van der Waals surface area contributed by atoms with Gasteiger partial charge in [0, 0.05) is 27.8 Å². The van der Waals surface area contributed by atoms with Crippen molar-refractivity contribution in [2.75, 3.05) is 11.1 Å². The van der Waals surface area contributed by atoms with Crippen LogP contribution >= 0.6 is 11.3 Å². The second-order valence-electron chi connectivity index (χ2n) is 4.48. The summed E-state index contributed by atoms with van der Waals surface area (Å²) in [5.74, 6) is 0. The molecule has 0 atom stereocenters. The molecular formula is C15H15N3S. The first-order valence-electron chi connectivity index (χ1n) is 6.16. The highest BCUT2D eigenvalue weighted by molar-refractivity contribution is 7.10. The molecule has 0 fully saturated rings. The lowest BCUT2D eigenvalue weighted by atomic mass is 10.1. The molecule has 0 bridgehead atoms. The maximum atomic E-state index is 5.90. The Bertz CT molecular complexity index is 718. The SMILES string of the molecule is Cc1ccc(NCc2sccc2N)c2cccnc12. The minimum Gasteiger partial charge on any atom is -0.398 e. The van der Waals surface area contributed by atoms with E-state index >= 15 is 0 Å². The normalized spacial score (nSPS) is 10.8. The van der Waals surface area contributed by atoms with E-state index in [1.807, 2.05) is 23.7 Å². The Balaban J connectivity index is 1.93. The lowest BCUT2D eigenvalue weighted by Crippen LogP contribution is -2.01. The van der Waals surface area contributed by atoms with Crippen LogP contribution < -0.4 is 11.1 Å². The van der Waals surface area contributed by atoms with Gasteiger partial charge in [0.2, 0.25) is 0 Å². The van der Waals surface area contributed by atoms with Gasteiger partial charge in [-0.1, -0.05) is 6.07 Å². The zero-order valence-electron chi connectivity index (χ0n) is 10.7. The van der Waals surface area contributed by atoms with Crippen molar-refractivity contribution in [2.45, 2.75) is 13.5 Å². The fourth-order valence-corrected chi connectivity index (χ4v) is 2.88. The van der Waals surface area contributed by atoms with Gasteiger partial charge >= 0.3 is 0 Å². The third kappa shape index (κ3) is 2.27. The van der Waals surface area contributed by atoms with Crippen molar-refractivity contribution in [3.05, 3.63) is 52.3 Å². The lowest BCUT2D eigenvalue weighted by molar-refractivity contribution is 1.20. The summed E-state index contributed by atoms with van der Waals surface area (Å²) < 4.78 is 0. The third-order valence-corrected chi connectivity index (χ3v) is 4.13. The van der Waals surface area contributed by atoms with Crippen molar-refractivity contribution in [3.8, 4) is 0 Å². The summed E-state index contributed by atoms with van der Waals surface area (Å²) in [7, 11) is 0. The number of nitrogens with two attached hydrogens (primary N) is 1. The molecule has 0 spiro atoms. The van der Waals surface area contributed by atoms with Crippen molar-refractivity contribution >= 4 is 33.6 Å². The number of hydrogen-bond donors (Lipinski definition) is 2. The van der Waals surface area contributed by atoms with E-state index in [1.165, 1.54) is 5.56 Å². The Morgan fingerprint density at radius 3 is 2.95 bits per heavy atom. The zero-order valence-corrected chi connectivity index (χ0v) is 11.5. The summed E-state index contributed by atoms with van der Waals surface area (Å²) in [5.41, 5.74) is 10.1. The van der Waals surface area contributed by atoms with Crippen LogP contribution in [0.5, 0.6) is 0 Å². The third-order valence-electron chi connectivity index (χ3n) is 3.19. The van der Waals surface area contributed by atoms with Crippen molar-refractivity contribution in [1.29, 1.82) is 0 Å². The average molecular weight is 269 g/mol. The second-order valence-corrected chi connectivity index (χ2v) is 5.48. The maximum absolute atomic E-state index is 5.90. The van der Waals surface area contributed by atoms with Gasteiger partial charge < -0.3 is 11.1 Å². The highest BCUT2D eigenvalue weighted by Gasteiger charge is 2.05. The van der Waals surface area contributed by atoms with Gasteiger partial charge in [-0.05, 0) is 42.1 Å². The number of nitrogens with one attached hydrogen (secondary N) is 1. The molecule has 96 valence electrons. The van der Waals surface area contributed by atoms with E-state index in [1.54, 1.807) is 11.3 Å². The fourth-order valence-electron chi connectivity index (χ4n) is 2.14. The standard InChI is InChI=1S/C15H15N3S/c1-10-4-5-13(11-3-2-7-17-15(10)11)18-9-14-12(16)6-8-19-14/h2-8,18H,9,16H2,1H3. The van der Waals surface area contributed by atoms with E-state index in [4.69, 9.17) is 5.73 Å². The quantitative estimate of drug-likeness (QED) is 0.760. The summed E-state index contributed by atoms with van der Waals surface area (Å²) in [5, 5.41) is 6.61. The highest BCUT2D eigenvalue weighted by atomic mass is 32.1. The Hall–Kier alpha value is -2.07. The monoisotopic (exact) mass is 269 g/mol. The van der Waals surface area contributed by atoms with E-state index in [-0.39, 0.29) is 0 Å². The molecule has 2 heterocycles. The second kappa shape index (κ2) is 4.90. The number of anilines is 2. The number of rotatable bonds is 3. The van der Waals surface area contributed by atoms with Crippen molar-refractivity contribution < 1.29 is 0 Å². The van der Waals surface area contributed by atoms with E-state index in [0.29, 0.717) is 0 Å². The zero-order chi connectivity index (χ0) is 13.2. The van der Waals surface area contributed by atoms with Gasteiger partial charge in [-0.3, -0.25) is 4.98 Å². The molecular weight excluding hydrogens is 254 g/mol. The van der Waals surface area contributed by atoms with Crippen LogP contribution in [-0.4, -0.2) is 4.98 Å². The largest absolute Gasteiger partial charge is 0.398 e. The number of nitrogen functional groups attached to an aromatic ring is 1. The van der Waals surface area contributed by atoms with Gasteiger partial charge in [0.25, 0.3) is 0 Å². The highest BCUT2D eigenvalue weighted by Crippen LogP contribution is 2.26. The molecule has 0 saturated carbocycles. The number of hydrogen-bond acceptors (Lipinski definition) is 4. The number of nitrogens with zero attached hydrogens (tertiary/aromatic N) is 1. The first kappa shape index (κ1) is 12.0. The first-order chi connectivity index (χ1) is 9.25. The Kier molecular flexibility index (Phi) is 3.09. The van der Waals surface area contributed by atoms with Crippen LogP contribution in [0.1, 0.15) is 10.4 Å². The molecule has 3 N–H and O–H groups in total. The van der Waals surface area contributed by atoms with Gasteiger partial charge in [0.05, 0.1) is 12.1 Å². The van der Waals surface area contributed by atoms with Crippen molar-refractivity contribution in [3.63, 3.8) is 0 Å². The van der Waals surface area contributed by atoms with Crippen LogP contribution in [0.25, 0.3) is 10.9 Å². The molecule has 2 aromatic heterocycles. The predicted octanol–water partition coefficient (Wildman–Crippen LogP) is 3.80. The van der Waals surface area contributed by atoms with E-state index in [2.05, 4.69) is 35.4 Å². The average Bonchev–Trinajstić information content (AvgIpc) is 2.84. The molecule has 3 nitrogen and oxygen atoms in total. The van der Waals surface area contributed by atoms with Crippen LogP contribution in [0.3, 0.4) is 0 Å². The molecule has 0 saturated heterocycles. The number of fused-ring (bicyclic) bond motifs is 1. The summed E-state index contributed by atoms with van der Waals surface area (Å²) in [6, 6.07) is 10.2. The lowest BCUT2D eigenvalue weighted by Gasteiger charge is -2.10. The number of benzene rings is 1. The summed E-state index contributed by atoms with van der Waals surface area (Å²) in [6.45, 7) is 2.83. The predicted molar refractivity (Wildman–Crippen MR) is 82.5 cm³/mol. The van der Waals surface area contributed by atoms with Crippen LogP contribution in [-0.2, 0) is 6.54 Å². The molecule has 0 aliphatic heterocycles. The van der Waals surface area contributed by atoms with Crippen molar-refractivity contribution in [1.82, 2.24) is 4.98 Å². The molecule has 19 heavy (non-hydrogen) atoms. The van der Waals surface area contributed by atoms with Gasteiger partial charge in [-0.15, -0.1) is 11.3 Å². The molecule has 4 heteroatoms. The van der Waals surface area contributed by atoms with Crippen molar-refractivity contribution in [2.24, 2.45) is 0 Å². The smallest absolute Gasteiger partial charge is 0.0751 e. The minimum atomic E-state index is 0.747. The Labute approximate surface area is 116 Å². The Morgan fingerprint density at radius 2 is 2.16 bits per heavy atom. The molecule has 0 aliphatic rings. The minimum absolute atomic E-state index is 0.747. The topological polar surface area (TPSA) is 50.9 Å².